The van der Waals surface area contributed by atoms with Crippen LogP contribution >= 0.6 is 0 Å². The minimum absolute atomic E-state index is 0.0612. The van der Waals surface area contributed by atoms with Crippen LogP contribution < -0.4 is 14.8 Å². The molecule has 0 aliphatic heterocycles. The van der Waals surface area contributed by atoms with Crippen molar-refractivity contribution in [3.05, 3.63) is 54.1 Å². The van der Waals surface area contributed by atoms with Gasteiger partial charge in [0, 0.05) is 5.69 Å². The highest BCUT2D eigenvalue weighted by molar-refractivity contribution is 5.91. The van der Waals surface area contributed by atoms with Gasteiger partial charge in [-0.05, 0) is 36.8 Å². The van der Waals surface area contributed by atoms with Gasteiger partial charge < -0.3 is 14.8 Å². The van der Waals surface area contributed by atoms with E-state index in [-0.39, 0.29) is 12.5 Å². The minimum atomic E-state index is -0.207. The van der Waals surface area contributed by atoms with Crippen molar-refractivity contribution in [3.8, 4) is 11.5 Å². The predicted octanol–water partition coefficient (Wildman–Crippen LogP) is 3.02. The van der Waals surface area contributed by atoms with Crippen LogP contribution in [-0.2, 0) is 4.79 Å². The fraction of sp³-hybridized carbons (Fsp3) is 0.188. The summed E-state index contributed by atoms with van der Waals surface area (Å²) < 4.78 is 10.6. The zero-order chi connectivity index (χ0) is 14.4. The molecule has 2 aromatic rings. The van der Waals surface area contributed by atoms with Crippen molar-refractivity contribution >= 4 is 11.6 Å². The maximum Gasteiger partial charge on any atom is 0.262 e. The Balaban J connectivity index is 1.92. The first-order valence-corrected chi connectivity index (χ1v) is 6.31. The predicted molar refractivity (Wildman–Crippen MR) is 78.3 cm³/mol. The lowest BCUT2D eigenvalue weighted by atomic mass is 10.2. The second-order valence-electron chi connectivity index (χ2n) is 4.36. The Bertz CT molecular complexity index is 596. The Kier molecular flexibility index (Phi) is 4.60. The number of para-hydroxylation sites is 2. The number of hydrogen-bond acceptors (Lipinski definition) is 3. The van der Waals surface area contributed by atoms with Crippen LogP contribution in [0.1, 0.15) is 5.56 Å². The molecule has 0 aliphatic carbocycles. The molecule has 0 heterocycles. The van der Waals surface area contributed by atoms with Gasteiger partial charge in [0.1, 0.15) is 0 Å². The van der Waals surface area contributed by atoms with Crippen LogP contribution in [-0.4, -0.2) is 19.6 Å². The van der Waals surface area contributed by atoms with Gasteiger partial charge in [-0.25, -0.2) is 0 Å². The number of carbonyl (C=O) groups excluding carboxylic acids is 1. The van der Waals surface area contributed by atoms with Crippen molar-refractivity contribution in [2.45, 2.75) is 6.92 Å². The standard InChI is InChI=1S/C16H17NO3/c1-12-6-5-7-13(10-12)17-16(18)11-20-15-9-4-3-8-14(15)19-2/h3-10H,11H2,1-2H3,(H,17,18). The maximum absolute atomic E-state index is 11.8. The highest BCUT2D eigenvalue weighted by Crippen LogP contribution is 2.25. The van der Waals surface area contributed by atoms with E-state index in [2.05, 4.69) is 5.32 Å². The normalized spacial score (nSPS) is 9.90. The zero-order valence-electron chi connectivity index (χ0n) is 11.6. The summed E-state index contributed by atoms with van der Waals surface area (Å²) in [4.78, 5) is 11.8. The average molecular weight is 271 g/mol. The number of nitrogens with one attached hydrogen (secondary N) is 1. The van der Waals surface area contributed by atoms with Crippen LogP contribution in [0, 0.1) is 6.92 Å². The van der Waals surface area contributed by atoms with Crippen molar-refractivity contribution in [2.24, 2.45) is 0 Å². The monoisotopic (exact) mass is 271 g/mol. The van der Waals surface area contributed by atoms with E-state index in [4.69, 9.17) is 9.47 Å². The zero-order valence-corrected chi connectivity index (χ0v) is 11.6. The molecule has 1 N–H and O–H groups in total. The number of ether oxygens (including phenoxy) is 2. The lowest BCUT2D eigenvalue weighted by Crippen LogP contribution is -2.20. The van der Waals surface area contributed by atoms with Crippen molar-refractivity contribution in [2.75, 3.05) is 19.0 Å². The number of anilines is 1. The number of methoxy groups -OCH3 is 1. The van der Waals surface area contributed by atoms with Gasteiger partial charge in [0.2, 0.25) is 0 Å². The van der Waals surface area contributed by atoms with Crippen molar-refractivity contribution < 1.29 is 14.3 Å². The highest BCUT2D eigenvalue weighted by Gasteiger charge is 2.07. The van der Waals surface area contributed by atoms with Gasteiger partial charge in [0.15, 0.2) is 18.1 Å². The fourth-order valence-electron chi connectivity index (χ4n) is 1.80. The first kappa shape index (κ1) is 13.9. The van der Waals surface area contributed by atoms with E-state index in [1.807, 2.05) is 43.3 Å². The topological polar surface area (TPSA) is 47.6 Å². The molecule has 0 bridgehead atoms. The average Bonchev–Trinajstić information content (AvgIpc) is 2.45. The summed E-state index contributed by atoms with van der Waals surface area (Å²) in [6.45, 7) is 1.91. The Labute approximate surface area is 118 Å². The molecule has 2 rings (SSSR count). The molecule has 2 aromatic carbocycles. The Morgan fingerprint density at radius 2 is 1.85 bits per heavy atom. The van der Waals surface area contributed by atoms with Crippen LogP contribution in [0.15, 0.2) is 48.5 Å². The maximum atomic E-state index is 11.8. The van der Waals surface area contributed by atoms with Crippen LogP contribution in [0.4, 0.5) is 5.69 Å². The summed E-state index contributed by atoms with van der Waals surface area (Å²) in [6.07, 6.45) is 0. The van der Waals surface area contributed by atoms with Gasteiger partial charge in [0.05, 0.1) is 7.11 Å². The van der Waals surface area contributed by atoms with E-state index in [0.717, 1.165) is 11.3 Å². The van der Waals surface area contributed by atoms with E-state index in [0.29, 0.717) is 11.5 Å². The van der Waals surface area contributed by atoms with Crippen LogP contribution in [0.25, 0.3) is 0 Å². The summed E-state index contributed by atoms with van der Waals surface area (Å²) in [5.41, 5.74) is 1.85. The third-order valence-corrected chi connectivity index (χ3v) is 2.73. The summed E-state index contributed by atoms with van der Waals surface area (Å²) in [5.74, 6) is 0.951. The Morgan fingerprint density at radius 3 is 2.55 bits per heavy atom. The quantitative estimate of drug-likeness (QED) is 0.909. The van der Waals surface area contributed by atoms with E-state index in [1.54, 1.807) is 19.2 Å². The molecular weight excluding hydrogens is 254 g/mol. The Hall–Kier alpha value is -2.49. The number of benzene rings is 2. The molecule has 20 heavy (non-hydrogen) atoms. The van der Waals surface area contributed by atoms with Gasteiger partial charge in [-0.15, -0.1) is 0 Å². The lowest BCUT2D eigenvalue weighted by molar-refractivity contribution is -0.118. The molecule has 0 aliphatic rings. The van der Waals surface area contributed by atoms with Gasteiger partial charge >= 0.3 is 0 Å². The number of aryl methyl sites for hydroxylation is 1. The summed E-state index contributed by atoms with van der Waals surface area (Å²) in [7, 11) is 1.56. The molecule has 104 valence electrons. The second-order valence-corrected chi connectivity index (χ2v) is 4.36. The first-order chi connectivity index (χ1) is 9.69. The van der Waals surface area contributed by atoms with Gasteiger partial charge in [0.25, 0.3) is 5.91 Å². The van der Waals surface area contributed by atoms with E-state index >= 15 is 0 Å². The molecule has 0 saturated heterocycles. The molecular formula is C16H17NO3. The van der Waals surface area contributed by atoms with E-state index < -0.39 is 0 Å². The van der Waals surface area contributed by atoms with E-state index in [9.17, 15) is 4.79 Å². The smallest absolute Gasteiger partial charge is 0.262 e. The molecule has 4 nitrogen and oxygen atoms in total. The molecule has 0 aromatic heterocycles. The SMILES string of the molecule is COc1ccccc1OCC(=O)Nc1cccc(C)c1. The van der Waals surface area contributed by atoms with Crippen molar-refractivity contribution in [3.63, 3.8) is 0 Å². The first-order valence-electron chi connectivity index (χ1n) is 6.31. The van der Waals surface area contributed by atoms with Gasteiger partial charge in [-0.3, -0.25) is 4.79 Å². The van der Waals surface area contributed by atoms with Crippen molar-refractivity contribution in [1.29, 1.82) is 0 Å². The molecule has 0 saturated carbocycles. The van der Waals surface area contributed by atoms with Gasteiger partial charge in [-0.1, -0.05) is 24.3 Å². The number of amides is 1. The molecule has 0 radical (unpaired) electrons. The molecule has 4 heteroatoms. The van der Waals surface area contributed by atoms with Crippen LogP contribution in [0.3, 0.4) is 0 Å². The lowest BCUT2D eigenvalue weighted by Gasteiger charge is -2.10. The fourth-order valence-corrected chi connectivity index (χ4v) is 1.80. The third-order valence-electron chi connectivity index (χ3n) is 2.73. The van der Waals surface area contributed by atoms with Gasteiger partial charge in [-0.2, -0.15) is 0 Å². The number of hydrogen-bond donors (Lipinski definition) is 1. The molecule has 0 spiro atoms. The summed E-state index contributed by atoms with van der Waals surface area (Å²) >= 11 is 0. The number of carbonyl (C=O) groups is 1. The summed E-state index contributed by atoms with van der Waals surface area (Å²) in [5, 5.41) is 2.79. The molecule has 0 fully saturated rings. The van der Waals surface area contributed by atoms with Crippen LogP contribution in [0.2, 0.25) is 0 Å². The Morgan fingerprint density at radius 1 is 1.10 bits per heavy atom. The molecule has 0 unspecified atom stereocenters. The second kappa shape index (κ2) is 6.61. The summed E-state index contributed by atoms with van der Waals surface area (Å²) in [6, 6.07) is 14.8. The minimum Gasteiger partial charge on any atom is -0.493 e. The van der Waals surface area contributed by atoms with Crippen LogP contribution in [0.5, 0.6) is 11.5 Å². The third kappa shape index (κ3) is 3.75. The van der Waals surface area contributed by atoms with Crippen molar-refractivity contribution in [1.82, 2.24) is 0 Å². The largest absolute Gasteiger partial charge is 0.493 e. The number of rotatable bonds is 5. The molecule has 0 atom stereocenters. The molecule has 1 amide bonds. The van der Waals surface area contributed by atoms with E-state index in [1.165, 1.54) is 0 Å². The highest BCUT2D eigenvalue weighted by atomic mass is 16.5.